The van der Waals surface area contributed by atoms with Crippen LogP contribution in [0, 0.1) is 0 Å². The largest absolute Gasteiger partial charge is 0.361 e. The van der Waals surface area contributed by atoms with Crippen LogP contribution >= 0.6 is 22.7 Å². The molecule has 0 atom stereocenters. The van der Waals surface area contributed by atoms with Crippen molar-refractivity contribution in [2.75, 3.05) is 5.32 Å². The highest BCUT2D eigenvalue weighted by Gasteiger charge is 2.11. The Morgan fingerprint density at radius 1 is 1.17 bits per heavy atom. The van der Waals surface area contributed by atoms with Crippen molar-refractivity contribution < 1.29 is 4.79 Å². The normalized spacial score (nSPS) is 11.0. The summed E-state index contributed by atoms with van der Waals surface area (Å²) < 4.78 is 0. The molecular weight excluding hydrogens is 326 g/mol. The highest BCUT2D eigenvalue weighted by atomic mass is 32.1. The van der Waals surface area contributed by atoms with E-state index in [1.54, 1.807) is 11.3 Å². The molecule has 114 valence electrons. The van der Waals surface area contributed by atoms with Gasteiger partial charge < -0.3 is 10.3 Å². The molecule has 0 saturated heterocycles. The third kappa shape index (κ3) is 2.91. The summed E-state index contributed by atoms with van der Waals surface area (Å²) in [7, 11) is 0. The maximum Gasteiger partial charge on any atom is 0.230 e. The van der Waals surface area contributed by atoms with Gasteiger partial charge in [0, 0.05) is 22.5 Å². The fourth-order valence-corrected chi connectivity index (χ4v) is 3.97. The summed E-state index contributed by atoms with van der Waals surface area (Å²) in [5.41, 5.74) is 2.95. The van der Waals surface area contributed by atoms with E-state index < -0.39 is 0 Å². The first-order chi connectivity index (χ1) is 11.3. The number of carbonyl (C=O) groups excluding carboxylic acids is 1. The Labute approximate surface area is 140 Å². The Morgan fingerprint density at radius 2 is 2.09 bits per heavy atom. The molecule has 0 unspecified atom stereocenters. The number of hydrogen-bond acceptors (Lipinski definition) is 4. The molecule has 6 heteroatoms. The third-order valence-corrected chi connectivity index (χ3v) is 5.20. The second-order valence-electron chi connectivity index (χ2n) is 5.10. The van der Waals surface area contributed by atoms with Crippen molar-refractivity contribution in [3.05, 3.63) is 58.9 Å². The van der Waals surface area contributed by atoms with Gasteiger partial charge in [-0.2, -0.15) is 0 Å². The van der Waals surface area contributed by atoms with Gasteiger partial charge in [0.1, 0.15) is 0 Å². The first kappa shape index (κ1) is 14.2. The predicted molar refractivity (Wildman–Crippen MR) is 96.1 cm³/mol. The number of H-pyrrole nitrogens is 1. The van der Waals surface area contributed by atoms with Crippen LogP contribution < -0.4 is 5.32 Å². The standard InChI is InChI=1S/C17H13N3OS2/c21-16(8-11-9-18-13-5-2-1-4-12(11)13)20-17-19-14(10-23-17)15-6-3-7-22-15/h1-7,9-10,18H,8H2,(H,19,20,21). The van der Waals surface area contributed by atoms with Crippen LogP contribution in [0.2, 0.25) is 0 Å². The van der Waals surface area contributed by atoms with Crippen LogP contribution in [0.4, 0.5) is 5.13 Å². The number of hydrogen-bond donors (Lipinski definition) is 2. The van der Waals surface area contributed by atoms with Crippen molar-refractivity contribution in [2.24, 2.45) is 0 Å². The van der Waals surface area contributed by atoms with Gasteiger partial charge in [0.05, 0.1) is 17.0 Å². The third-order valence-electron chi connectivity index (χ3n) is 3.55. The summed E-state index contributed by atoms with van der Waals surface area (Å²) in [6.45, 7) is 0. The molecule has 3 heterocycles. The van der Waals surface area contributed by atoms with Gasteiger partial charge in [-0.15, -0.1) is 22.7 Å². The summed E-state index contributed by atoms with van der Waals surface area (Å²) in [5.74, 6) is -0.0539. The van der Waals surface area contributed by atoms with Crippen molar-refractivity contribution in [1.29, 1.82) is 0 Å². The minimum absolute atomic E-state index is 0.0539. The molecule has 4 aromatic rings. The van der Waals surface area contributed by atoms with Crippen molar-refractivity contribution in [3.63, 3.8) is 0 Å². The van der Waals surface area contributed by atoms with Crippen LogP contribution in [0.1, 0.15) is 5.56 Å². The number of aromatic nitrogens is 2. The number of fused-ring (bicyclic) bond motifs is 1. The van der Waals surface area contributed by atoms with E-state index in [9.17, 15) is 4.79 Å². The van der Waals surface area contributed by atoms with Crippen molar-refractivity contribution in [2.45, 2.75) is 6.42 Å². The zero-order chi connectivity index (χ0) is 15.6. The molecule has 0 fully saturated rings. The van der Waals surface area contributed by atoms with Gasteiger partial charge in [-0.3, -0.25) is 4.79 Å². The van der Waals surface area contributed by atoms with Gasteiger partial charge in [-0.25, -0.2) is 4.98 Å². The molecule has 0 bridgehead atoms. The van der Waals surface area contributed by atoms with E-state index in [2.05, 4.69) is 15.3 Å². The Kier molecular flexibility index (Phi) is 3.69. The van der Waals surface area contributed by atoms with Gasteiger partial charge >= 0.3 is 0 Å². The minimum Gasteiger partial charge on any atom is -0.361 e. The van der Waals surface area contributed by atoms with Crippen molar-refractivity contribution in [3.8, 4) is 10.6 Å². The highest BCUT2D eigenvalue weighted by molar-refractivity contribution is 7.16. The Hall–Kier alpha value is -2.44. The number of nitrogens with zero attached hydrogens (tertiary/aromatic N) is 1. The van der Waals surface area contributed by atoms with E-state index in [-0.39, 0.29) is 5.91 Å². The number of nitrogens with one attached hydrogen (secondary N) is 2. The van der Waals surface area contributed by atoms with Crippen LogP contribution in [-0.4, -0.2) is 15.9 Å². The fourth-order valence-electron chi connectivity index (χ4n) is 2.48. The lowest BCUT2D eigenvalue weighted by Crippen LogP contribution is -2.13. The van der Waals surface area contributed by atoms with Crippen molar-refractivity contribution >= 4 is 44.6 Å². The molecule has 4 rings (SSSR count). The second kappa shape index (κ2) is 5.98. The first-order valence-corrected chi connectivity index (χ1v) is 8.90. The lowest BCUT2D eigenvalue weighted by Gasteiger charge is -2.01. The second-order valence-corrected chi connectivity index (χ2v) is 6.91. The minimum atomic E-state index is -0.0539. The van der Waals surface area contributed by atoms with Gasteiger partial charge in [-0.1, -0.05) is 24.3 Å². The molecule has 0 aliphatic rings. The Morgan fingerprint density at radius 3 is 2.96 bits per heavy atom. The average Bonchev–Trinajstić information content (AvgIpc) is 3.27. The quantitative estimate of drug-likeness (QED) is 0.574. The first-order valence-electron chi connectivity index (χ1n) is 7.14. The molecule has 2 N–H and O–H groups in total. The summed E-state index contributed by atoms with van der Waals surface area (Å²) in [6, 6.07) is 12.0. The van der Waals surface area contributed by atoms with Crippen LogP contribution in [0.5, 0.6) is 0 Å². The van der Waals surface area contributed by atoms with E-state index in [0.717, 1.165) is 27.0 Å². The summed E-state index contributed by atoms with van der Waals surface area (Å²) in [4.78, 5) is 21.0. The zero-order valence-corrected chi connectivity index (χ0v) is 13.7. The number of rotatable bonds is 4. The lowest BCUT2D eigenvalue weighted by atomic mass is 10.1. The van der Waals surface area contributed by atoms with Gasteiger partial charge in [0.2, 0.25) is 5.91 Å². The Bertz CT molecular complexity index is 953. The number of aromatic amines is 1. The zero-order valence-electron chi connectivity index (χ0n) is 12.1. The molecule has 0 spiro atoms. The lowest BCUT2D eigenvalue weighted by molar-refractivity contribution is -0.115. The van der Waals surface area contributed by atoms with Crippen molar-refractivity contribution in [1.82, 2.24) is 9.97 Å². The molecule has 1 amide bonds. The number of thiazole rings is 1. The number of benzene rings is 1. The number of amides is 1. The molecule has 3 aromatic heterocycles. The SMILES string of the molecule is O=C(Cc1c[nH]c2ccccc12)Nc1nc(-c2cccs2)cs1. The van der Waals surface area contributed by atoms with E-state index in [4.69, 9.17) is 0 Å². The van der Waals surface area contributed by atoms with Crippen LogP contribution in [0.15, 0.2) is 53.4 Å². The molecule has 23 heavy (non-hydrogen) atoms. The smallest absolute Gasteiger partial charge is 0.230 e. The predicted octanol–water partition coefficient (Wildman–Crippen LogP) is 4.53. The molecule has 4 nitrogen and oxygen atoms in total. The summed E-state index contributed by atoms with van der Waals surface area (Å²) in [6.07, 6.45) is 2.22. The number of para-hydroxylation sites is 1. The molecule has 0 aliphatic heterocycles. The maximum absolute atomic E-state index is 12.3. The van der Waals surface area contributed by atoms with Gasteiger partial charge in [-0.05, 0) is 23.1 Å². The summed E-state index contributed by atoms with van der Waals surface area (Å²) in [5, 5.41) is 8.59. The molecule has 1 aromatic carbocycles. The maximum atomic E-state index is 12.3. The van der Waals surface area contributed by atoms with Gasteiger partial charge in [0.25, 0.3) is 0 Å². The van der Waals surface area contributed by atoms with E-state index >= 15 is 0 Å². The van der Waals surface area contributed by atoms with E-state index in [1.165, 1.54) is 11.3 Å². The van der Waals surface area contributed by atoms with Crippen LogP contribution in [0.3, 0.4) is 0 Å². The molecular formula is C17H13N3OS2. The highest BCUT2D eigenvalue weighted by Crippen LogP contribution is 2.28. The topological polar surface area (TPSA) is 57.8 Å². The monoisotopic (exact) mass is 339 g/mol. The molecule has 0 aliphatic carbocycles. The number of carbonyl (C=O) groups is 1. The van der Waals surface area contributed by atoms with Gasteiger partial charge in [0.15, 0.2) is 5.13 Å². The molecule has 0 radical (unpaired) electrons. The molecule has 0 saturated carbocycles. The van der Waals surface area contributed by atoms with Crippen LogP contribution in [-0.2, 0) is 11.2 Å². The fraction of sp³-hybridized carbons (Fsp3) is 0.0588. The number of thiophene rings is 1. The van der Waals surface area contributed by atoms with Crippen LogP contribution in [0.25, 0.3) is 21.5 Å². The summed E-state index contributed by atoms with van der Waals surface area (Å²) >= 11 is 3.09. The van der Waals surface area contributed by atoms with E-state index in [0.29, 0.717) is 11.6 Å². The Balaban J connectivity index is 1.48. The number of anilines is 1. The van der Waals surface area contributed by atoms with E-state index in [1.807, 2.05) is 53.4 Å². The average molecular weight is 339 g/mol.